The lowest BCUT2D eigenvalue weighted by molar-refractivity contribution is 0.214. The number of methoxy groups -OCH3 is 2. The summed E-state index contributed by atoms with van der Waals surface area (Å²) in [4.78, 5) is 14.4. The average molecular weight is 362 g/mol. The first-order valence-corrected chi connectivity index (χ1v) is 8.84. The molecule has 0 radical (unpaired) electrons. The SMILES string of the molecule is COc1ccc(C2SCCN2C(=O)Nc2ccc(F)cc2)cc1OC. The molecule has 1 saturated heterocycles. The van der Waals surface area contributed by atoms with E-state index in [4.69, 9.17) is 9.47 Å². The van der Waals surface area contributed by atoms with Crippen LogP contribution < -0.4 is 14.8 Å². The highest BCUT2D eigenvalue weighted by Crippen LogP contribution is 2.41. The second-order valence-corrected chi connectivity index (χ2v) is 6.66. The van der Waals surface area contributed by atoms with Crippen LogP contribution in [0.4, 0.5) is 14.9 Å². The van der Waals surface area contributed by atoms with Crippen LogP contribution in [0.2, 0.25) is 0 Å². The summed E-state index contributed by atoms with van der Waals surface area (Å²) in [5.41, 5.74) is 1.53. The maximum absolute atomic E-state index is 13.0. The molecular weight excluding hydrogens is 343 g/mol. The maximum Gasteiger partial charge on any atom is 0.323 e. The number of nitrogens with zero attached hydrogens (tertiary/aromatic N) is 1. The van der Waals surface area contributed by atoms with Gasteiger partial charge in [0.05, 0.1) is 14.2 Å². The van der Waals surface area contributed by atoms with Crippen molar-refractivity contribution in [3.63, 3.8) is 0 Å². The van der Waals surface area contributed by atoms with Gasteiger partial charge in [-0.2, -0.15) is 0 Å². The van der Waals surface area contributed by atoms with E-state index in [1.54, 1.807) is 43.0 Å². The van der Waals surface area contributed by atoms with Gasteiger partial charge in [0.2, 0.25) is 0 Å². The van der Waals surface area contributed by atoms with Crippen molar-refractivity contribution in [1.82, 2.24) is 4.90 Å². The summed E-state index contributed by atoms with van der Waals surface area (Å²) in [6.45, 7) is 0.636. The Hall–Kier alpha value is -2.41. The highest BCUT2D eigenvalue weighted by molar-refractivity contribution is 7.99. The predicted octanol–water partition coefficient (Wildman–Crippen LogP) is 4.12. The zero-order valence-electron chi connectivity index (χ0n) is 14.0. The van der Waals surface area contributed by atoms with Crippen LogP contribution in [0.3, 0.4) is 0 Å². The van der Waals surface area contributed by atoms with Gasteiger partial charge in [-0.3, -0.25) is 0 Å². The van der Waals surface area contributed by atoms with Crippen LogP contribution in [-0.4, -0.2) is 37.4 Å². The summed E-state index contributed by atoms with van der Waals surface area (Å²) in [5, 5.41) is 2.70. The molecule has 2 aromatic carbocycles. The van der Waals surface area contributed by atoms with Crippen molar-refractivity contribution in [1.29, 1.82) is 0 Å². The Morgan fingerprint density at radius 1 is 1.16 bits per heavy atom. The second kappa shape index (κ2) is 7.65. The van der Waals surface area contributed by atoms with Crippen molar-refractivity contribution in [2.45, 2.75) is 5.37 Å². The number of carbonyl (C=O) groups is 1. The number of halogens is 1. The van der Waals surface area contributed by atoms with E-state index in [-0.39, 0.29) is 17.2 Å². The third-order valence-electron chi connectivity index (χ3n) is 3.94. The normalized spacial score (nSPS) is 16.6. The van der Waals surface area contributed by atoms with Crippen LogP contribution in [0.5, 0.6) is 11.5 Å². The molecule has 1 unspecified atom stereocenters. The largest absolute Gasteiger partial charge is 0.493 e. The van der Waals surface area contributed by atoms with Gasteiger partial charge >= 0.3 is 6.03 Å². The van der Waals surface area contributed by atoms with Gasteiger partial charge in [-0.05, 0) is 42.0 Å². The molecule has 1 aliphatic heterocycles. The summed E-state index contributed by atoms with van der Waals surface area (Å²) < 4.78 is 23.6. The fraction of sp³-hybridized carbons (Fsp3) is 0.278. The number of nitrogens with one attached hydrogen (secondary N) is 1. The Morgan fingerprint density at radius 2 is 1.88 bits per heavy atom. The fourth-order valence-corrected chi connectivity index (χ4v) is 3.93. The lowest BCUT2D eigenvalue weighted by Gasteiger charge is -2.25. The van der Waals surface area contributed by atoms with Crippen molar-refractivity contribution in [2.24, 2.45) is 0 Å². The minimum atomic E-state index is -0.335. The molecule has 5 nitrogen and oxygen atoms in total. The summed E-state index contributed by atoms with van der Waals surface area (Å²) in [6, 6.07) is 11.2. The number of carbonyl (C=O) groups excluding carboxylic acids is 1. The molecule has 1 atom stereocenters. The number of benzene rings is 2. The molecule has 0 bridgehead atoms. The number of hydrogen-bond donors (Lipinski definition) is 1. The van der Waals surface area contributed by atoms with E-state index in [1.807, 2.05) is 18.2 Å². The molecule has 0 aromatic heterocycles. The van der Waals surface area contributed by atoms with E-state index in [2.05, 4.69) is 5.32 Å². The lowest BCUT2D eigenvalue weighted by Crippen LogP contribution is -2.34. The summed E-state index contributed by atoms with van der Waals surface area (Å²) in [7, 11) is 3.17. The van der Waals surface area contributed by atoms with Crippen molar-refractivity contribution >= 4 is 23.5 Å². The van der Waals surface area contributed by atoms with Gasteiger partial charge in [0.15, 0.2) is 11.5 Å². The first-order chi connectivity index (χ1) is 12.1. The van der Waals surface area contributed by atoms with Gasteiger partial charge in [-0.25, -0.2) is 9.18 Å². The molecule has 0 saturated carbocycles. The Kier molecular flexibility index (Phi) is 5.33. The first-order valence-electron chi connectivity index (χ1n) is 7.79. The van der Waals surface area contributed by atoms with Gasteiger partial charge in [0.1, 0.15) is 11.2 Å². The quantitative estimate of drug-likeness (QED) is 0.889. The zero-order valence-corrected chi connectivity index (χ0v) is 14.8. The van der Waals surface area contributed by atoms with Crippen molar-refractivity contribution in [2.75, 3.05) is 31.8 Å². The summed E-state index contributed by atoms with van der Waals surface area (Å²) in [6.07, 6.45) is 0. The predicted molar refractivity (Wildman–Crippen MR) is 96.9 cm³/mol. The molecule has 132 valence electrons. The molecule has 0 aliphatic carbocycles. The van der Waals surface area contributed by atoms with E-state index in [0.717, 1.165) is 11.3 Å². The molecule has 1 heterocycles. The van der Waals surface area contributed by atoms with E-state index < -0.39 is 0 Å². The monoisotopic (exact) mass is 362 g/mol. The number of urea groups is 1. The molecule has 3 rings (SSSR count). The molecule has 7 heteroatoms. The Labute approximate surface area is 150 Å². The highest BCUT2D eigenvalue weighted by atomic mass is 32.2. The van der Waals surface area contributed by atoms with Gasteiger partial charge in [-0.1, -0.05) is 6.07 Å². The Morgan fingerprint density at radius 3 is 2.56 bits per heavy atom. The average Bonchev–Trinajstić information content (AvgIpc) is 3.13. The molecule has 1 N–H and O–H groups in total. The fourth-order valence-electron chi connectivity index (χ4n) is 2.69. The smallest absolute Gasteiger partial charge is 0.323 e. The second-order valence-electron chi connectivity index (χ2n) is 5.47. The summed E-state index contributed by atoms with van der Waals surface area (Å²) in [5.74, 6) is 1.79. The third kappa shape index (κ3) is 3.82. The molecule has 1 aliphatic rings. The van der Waals surface area contributed by atoms with Crippen LogP contribution in [0.25, 0.3) is 0 Å². The third-order valence-corrected chi connectivity index (χ3v) is 5.20. The summed E-state index contributed by atoms with van der Waals surface area (Å²) >= 11 is 1.69. The molecule has 2 amide bonds. The van der Waals surface area contributed by atoms with E-state index in [9.17, 15) is 9.18 Å². The number of amides is 2. The molecule has 0 spiro atoms. The zero-order chi connectivity index (χ0) is 17.8. The molecule has 2 aromatic rings. The molecular formula is C18H19FN2O3S. The van der Waals surface area contributed by atoms with Crippen molar-refractivity contribution in [3.8, 4) is 11.5 Å². The van der Waals surface area contributed by atoms with Gasteiger partial charge in [0, 0.05) is 18.0 Å². The topological polar surface area (TPSA) is 50.8 Å². The maximum atomic E-state index is 13.0. The minimum absolute atomic E-state index is 0.111. The highest BCUT2D eigenvalue weighted by Gasteiger charge is 2.31. The molecule has 25 heavy (non-hydrogen) atoms. The van der Waals surface area contributed by atoms with E-state index in [0.29, 0.717) is 23.7 Å². The Bertz CT molecular complexity index is 754. The van der Waals surface area contributed by atoms with Crippen LogP contribution in [-0.2, 0) is 0 Å². The standard InChI is InChI=1S/C18H19FN2O3S/c1-23-15-8-3-12(11-16(15)24-2)17-21(9-10-25-17)18(22)20-14-6-4-13(19)5-7-14/h3-8,11,17H,9-10H2,1-2H3,(H,20,22). The number of thioether (sulfide) groups is 1. The van der Waals surface area contributed by atoms with Gasteiger partial charge < -0.3 is 19.7 Å². The lowest BCUT2D eigenvalue weighted by atomic mass is 10.2. The number of anilines is 1. The molecule has 1 fully saturated rings. The van der Waals surface area contributed by atoms with Crippen molar-refractivity contribution in [3.05, 3.63) is 53.8 Å². The van der Waals surface area contributed by atoms with Crippen molar-refractivity contribution < 1.29 is 18.7 Å². The van der Waals surface area contributed by atoms with Gasteiger partial charge in [-0.15, -0.1) is 11.8 Å². The Balaban J connectivity index is 1.77. The van der Waals surface area contributed by atoms with Crippen LogP contribution >= 0.6 is 11.8 Å². The van der Waals surface area contributed by atoms with E-state index >= 15 is 0 Å². The van der Waals surface area contributed by atoms with Crippen LogP contribution in [0.1, 0.15) is 10.9 Å². The van der Waals surface area contributed by atoms with Crippen LogP contribution in [0, 0.1) is 5.82 Å². The van der Waals surface area contributed by atoms with Crippen LogP contribution in [0.15, 0.2) is 42.5 Å². The van der Waals surface area contributed by atoms with Gasteiger partial charge in [0.25, 0.3) is 0 Å². The first kappa shape index (κ1) is 17.4. The number of ether oxygens (including phenoxy) is 2. The minimum Gasteiger partial charge on any atom is -0.493 e. The number of rotatable bonds is 4. The van der Waals surface area contributed by atoms with E-state index in [1.165, 1.54) is 12.1 Å². The number of hydrogen-bond acceptors (Lipinski definition) is 4.